The van der Waals surface area contributed by atoms with Crippen LogP contribution in [0, 0.1) is 23.7 Å². The summed E-state index contributed by atoms with van der Waals surface area (Å²) in [4.78, 5) is 44.4. The standard InChI is InChI=1S/C40H62N2O9S/c1-12-32-39(7)22-30(41-38(46)51-39)25(4)29(18-19-52-28-16-14-13-15-17-28)23(2)21-40(8,47-11)35(26(5)33(43)27(6)36(45)49-32)50-37-34(44)31(42(9)10)20-24(3)48-37/h13-18,23-27,30-32,34-35,37,44H,12,19-22H2,1-11H3,(H,41,46)/b29-18+/t23-,24-,25+,26+,27-,30?,31+,32-,34-,35-,37+,39+,40-/m1/s1. The highest BCUT2D eigenvalue weighted by Crippen LogP contribution is 2.42. The van der Waals surface area contributed by atoms with Gasteiger partial charge in [-0.15, -0.1) is 11.8 Å². The molecule has 13 atom stereocenters. The fraction of sp³-hybridized carbons (Fsp3) is 0.725. The number of cyclic esters (lactones) is 1. The van der Waals surface area contributed by atoms with E-state index in [1.54, 1.807) is 32.7 Å². The Morgan fingerprint density at radius 3 is 2.33 bits per heavy atom. The number of ether oxygens (including phenoxy) is 5. The molecule has 11 nitrogen and oxygen atoms in total. The summed E-state index contributed by atoms with van der Waals surface area (Å²) in [6, 6.07) is 9.63. The molecular formula is C40H62N2O9S. The number of esters is 1. The Morgan fingerprint density at radius 2 is 1.71 bits per heavy atom. The molecule has 2 N–H and O–H groups in total. The van der Waals surface area contributed by atoms with Gasteiger partial charge < -0.3 is 39.0 Å². The van der Waals surface area contributed by atoms with Crippen molar-refractivity contribution in [2.75, 3.05) is 27.0 Å². The first-order valence-corrected chi connectivity index (χ1v) is 19.7. The van der Waals surface area contributed by atoms with Gasteiger partial charge in [0.25, 0.3) is 0 Å². The molecule has 3 saturated heterocycles. The van der Waals surface area contributed by atoms with Gasteiger partial charge in [-0.25, -0.2) is 4.79 Å². The number of benzene rings is 1. The Balaban J connectivity index is 1.82. The van der Waals surface area contributed by atoms with Crippen LogP contribution >= 0.6 is 11.8 Å². The van der Waals surface area contributed by atoms with Gasteiger partial charge >= 0.3 is 12.1 Å². The van der Waals surface area contributed by atoms with E-state index in [1.807, 2.05) is 64.9 Å². The predicted molar refractivity (Wildman–Crippen MR) is 201 cm³/mol. The van der Waals surface area contributed by atoms with E-state index in [0.717, 1.165) is 10.5 Å². The number of nitrogens with one attached hydrogen (secondary N) is 1. The number of fused-ring (bicyclic) bond motifs is 2. The molecule has 0 radical (unpaired) electrons. The minimum Gasteiger partial charge on any atom is -0.458 e. The van der Waals surface area contributed by atoms with Crippen molar-refractivity contribution in [2.45, 2.75) is 140 Å². The number of carbonyl (C=O) groups excluding carboxylic acids is 3. The van der Waals surface area contributed by atoms with Crippen molar-refractivity contribution in [1.82, 2.24) is 10.2 Å². The SMILES string of the molecule is CC[C@H]1OC(=O)[C@H](C)C(=O)[C@H](C)[C@@H](O[C@@H]2O[C@H](C)C[C@H](N(C)C)[C@H]2O)[C@](C)(OC)C[C@@H](C)/C(=C\CSc2ccccc2)[C@H](C)C2C[C@]1(C)OC(=O)N2. The number of likely N-dealkylation sites (N-methyl/N-ethyl adjacent to an activating group) is 1. The van der Waals surface area contributed by atoms with Gasteiger partial charge in [0.15, 0.2) is 12.1 Å². The van der Waals surface area contributed by atoms with Crippen LogP contribution in [0.15, 0.2) is 46.9 Å². The lowest BCUT2D eigenvalue weighted by Gasteiger charge is -2.47. The number of hydrogen-bond donors (Lipinski definition) is 2. The maximum atomic E-state index is 14.3. The number of carbonyl (C=O) groups is 3. The van der Waals surface area contributed by atoms with Crippen molar-refractivity contribution in [3.63, 3.8) is 0 Å². The molecule has 12 heteroatoms. The second kappa shape index (κ2) is 17.8. The zero-order valence-corrected chi connectivity index (χ0v) is 33.7. The zero-order valence-electron chi connectivity index (χ0n) is 32.9. The number of ketones is 1. The van der Waals surface area contributed by atoms with E-state index in [0.29, 0.717) is 31.4 Å². The summed E-state index contributed by atoms with van der Waals surface area (Å²) >= 11 is 1.72. The van der Waals surface area contributed by atoms with Gasteiger partial charge in [0, 0.05) is 42.2 Å². The molecule has 3 heterocycles. The molecule has 1 amide bonds. The molecule has 0 aliphatic carbocycles. The van der Waals surface area contributed by atoms with E-state index in [2.05, 4.69) is 37.4 Å². The van der Waals surface area contributed by atoms with E-state index >= 15 is 0 Å². The van der Waals surface area contributed by atoms with E-state index in [9.17, 15) is 19.5 Å². The summed E-state index contributed by atoms with van der Waals surface area (Å²) in [7, 11) is 5.42. The predicted octanol–water partition coefficient (Wildman–Crippen LogP) is 6.02. The van der Waals surface area contributed by atoms with Crippen LogP contribution in [-0.2, 0) is 33.3 Å². The molecule has 3 aliphatic heterocycles. The van der Waals surface area contributed by atoms with Crippen LogP contribution in [0.2, 0.25) is 0 Å². The number of thioether (sulfide) groups is 1. The van der Waals surface area contributed by atoms with Crippen LogP contribution in [0.4, 0.5) is 4.79 Å². The highest BCUT2D eigenvalue weighted by molar-refractivity contribution is 7.99. The molecule has 1 aromatic carbocycles. The lowest BCUT2D eigenvalue weighted by molar-refractivity contribution is -0.295. The van der Waals surface area contributed by atoms with Crippen LogP contribution in [0.25, 0.3) is 0 Å². The first-order valence-electron chi connectivity index (χ1n) is 18.8. The van der Waals surface area contributed by atoms with Gasteiger partial charge in [-0.05, 0) is 85.0 Å². The van der Waals surface area contributed by atoms with Crippen molar-refractivity contribution < 1.29 is 43.2 Å². The first-order chi connectivity index (χ1) is 24.4. The normalized spacial score (nSPS) is 40.4. The van der Waals surface area contributed by atoms with Crippen LogP contribution in [0.5, 0.6) is 0 Å². The average molecular weight is 747 g/mol. The van der Waals surface area contributed by atoms with Crippen molar-refractivity contribution in [2.24, 2.45) is 23.7 Å². The maximum Gasteiger partial charge on any atom is 0.408 e. The number of methoxy groups -OCH3 is 1. The van der Waals surface area contributed by atoms with Crippen LogP contribution in [0.3, 0.4) is 0 Å². The van der Waals surface area contributed by atoms with Gasteiger partial charge in [-0.3, -0.25) is 9.59 Å². The number of rotatable bonds is 8. The molecule has 52 heavy (non-hydrogen) atoms. The minimum atomic E-state index is -1.15. The topological polar surface area (TPSA) is 133 Å². The maximum absolute atomic E-state index is 14.3. The lowest BCUT2D eigenvalue weighted by atomic mass is 9.73. The monoisotopic (exact) mass is 746 g/mol. The van der Waals surface area contributed by atoms with Crippen molar-refractivity contribution >= 4 is 29.6 Å². The van der Waals surface area contributed by atoms with Gasteiger partial charge in [0.2, 0.25) is 0 Å². The molecule has 3 aliphatic rings. The summed E-state index contributed by atoms with van der Waals surface area (Å²) in [5.74, 6) is -2.64. The Kier molecular flexibility index (Phi) is 14.4. The van der Waals surface area contributed by atoms with E-state index < -0.39 is 59.7 Å². The van der Waals surface area contributed by atoms with Crippen LogP contribution in [0.1, 0.15) is 81.1 Å². The fourth-order valence-corrected chi connectivity index (χ4v) is 9.23. The molecule has 1 unspecified atom stereocenters. The Hall–Kier alpha value is -2.48. The number of nitrogens with zero attached hydrogens (tertiary/aromatic N) is 1. The molecule has 0 aromatic heterocycles. The number of Topliss-reactive ketones (excluding diaryl/α,β-unsaturated/α-hetero) is 1. The molecule has 0 saturated carbocycles. The third kappa shape index (κ3) is 9.60. The second-order valence-corrected chi connectivity index (χ2v) is 16.9. The third-order valence-corrected chi connectivity index (χ3v) is 12.5. The fourth-order valence-electron chi connectivity index (χ4n) is 8.41. The molecule has 292 valence electrons. The number of hydrogen-bond acceptors (Lipinski definition) is 11. The minimum absolute atomic E-state index is 0.108. The Labute approximate surface area is 314 Å². The van der Waals surface area contributed by atoms with Crippen molar-refractivity contribution in [1.29, 1.82) is 0 Å². The summed E-state index contributed by atoms with van der Waals surface area (Å²) in [5.41, 5.74) is -1.09. The number of alkyl carbamates (subject to hydrolysis) is 1. The molecule has 0 spiro atoms. The zero-order chi connectivity index (χ0) is 38.5. The molecule has 4 rings (SSSR count). The summed E-state index contributed by atoms with van der Waals surface area (Å²) in [6.45, 7) is 15.1. The molecule has 1 aromatic rings. The van der Waals surface area contributed by atoms with Gasteiger partial charge in [-0.2, -0.15) is 0 Å². The van der Waals surface area contributed by atoms with Gasteiger partial charge in [0.1, 0.15) is 23.7 Å². The van der Waals surface area contributed by atoms with Gasteiger partial charge in [-0.1, -0.05) is 57.5 Å². The highest BCUT2D eigenvalue weighted by atomic mass is 32.2. The van der Waals surface area contributed by atoms with Crippen molar-refractivity contribution in [3.05, 3.63) is 42.0 Å². The van der Waals surface area contributed by atoms with Gasteiger partial charge in [0.05, 0.1) is 17.8 Å². The Morgan fingerprint density at radius 1 is 1.04 bits per heavy atom. The highest BCUT2D eigenvalue weighted by Gasteiger charge is 2.52. The number of aliphatic hydroxyl groups is 1. The molecule has 2 bridgehead atoms. The van der Waals surface area contributed by atoms with E-state index in [1.165, 1.54) is 0 Å². The molecule has 3 fully saturated rings. The average Bonchev–Trinajstić information content (AvgIpc) is 3.10. The molecular weight excluding hydrogens is 685 g/mol. The van der Waals surface area contributed by atoms with Crippen LogP contribution in [-0.4, -0.2) is 109 Å². The summed E-state index contributed by atoms with van der Waals surface area (Å²) in [6.07, 6.45) is -0.454. The lowest BCUT2D eigenvalue weighted by Crippen LogP contribution is -2.59. The quantitative estimate of drug-likeness (QED) is 0.140. The third-order valence-electron chi connectivity index (χ3n) is 11.6. The number of amides is 1. The van der Waals surface area contributed by atoms with E-state index in [-0.39, 0.29) is 35.8 Å². The Bertz CT molecular complexity index is 1410. The van der Waals surface area contributed by atoms with E-state index in [4.69, 9.17) is 23.7 Å². The summed E-state index contributed by atoms with van der Waals surface area (Å²) < 4.78 is 31.2. The first kappa shape index (κ1) is 42.3. The second-order valence-electron chi connectivity index (χ2n) is 15.8. The van der Waals surface area contributed by atoms with Crippen LogP contribution < -0.4 is 5.32 Å². The number of aliphatic hydroxyl groups excluding tert-OH is 1. The summed E-state index contributed by atoms with van der Waals surface area (Å²) in [5, 5.41) is 14.6. The largest absolute Gasteiger partial charge is 0.458 e. The van der Waals surface area contributed by atoms with Crippen molar-refractivity contribution in [3.8, 4) is 0 Å². The smallest absolute Gasteiger partial charge is 0.408 e.